The lowest BCUT2D eigenvalue weighted by atomic mass is 10.00. The number of hydrogen-bond acceptors (Lipinski definition) is 1. The van der Waals surface area contributed by atoms with E-state index in [-0.39, 0.29) is 5.92 Å². The van der Waals surface area contributed by atoms with Crippen molar-refractivity contribution >= 4 is 0 Å². The lowest BCUT2D eigenvalue weighted by molar-refractivity contribution is 0.324. The molecule has 0 aliphatic carbocycles. The standard InChI is InChI=1S/C13H16O/c1-4-10-14-12(3)11(2)13-8-6-5-7-9-13/h4-11H,3H2,1-2H3/b10-4-. The van der Waals surface area contributed by atoms with Gasteiger partial charge < -0.3 is 4.74 Å². The second kappa shape index (κ2) is 5.28. The van der Waals surface area contributed by atoms with Crippen molar-refractivity contribution in [3.05, 3.63) is 60.6 Å². The van der Waals surface area contributed by atoms with Crippen LogP contribution in [0.15, 0.2) is 55.0 Å². The summed E-state index contributed by atoms with van der Waals surface area (Å²) < 4.78 is 5.33. The van der Waals surface area contributed by atoms with Gasteiger partial charge in [-0.25, -0.2) is 0 Å². The predicted octanol–water partition coefficient (Wildman–Crippen LogP) is 3.85. The third kappa shape index (κ3) is 2.77. The van der Waals surface area contributed by atoms with E-state index in [1.807, 2.05) is 31.2 Å². The van der Waals surface area contributed by atoms with Crippen LogP contribution in [-0.2, 0) is 4.74 Å². The van der Waals surface area contributed by atoms with Gasteiger partial charge in [-0.1, -0.05) is 49.9 Å². The van der Waals surface area contributed by atoms with Gasteiger partial charge in [-0.15, -0.1) is 0 Å². The first-order valence-electron chi connectivity index (χ1n) is 4.77. The van der Waals surface area contributed by atoms with Gasteiger partial charge >= 0.3 is 0 Å². The van der Waals surface area contributed by atoms with Crippen LogP contribution in [0.2, 0.25) is 0 Å². The van der Waals surface area contributed by atoms with Crippen LogP contribution in [0.1, 0.15) is 25.3 Å². The van der Waals surface area contributed by atoms with Crippen LogP contribution in [0.25, 0.3) is 0 Å². The minimum atomic E-state index is 0.229. The molecule has 74 valence electrons. The molecule has 0 fully saturated rings. The summed E-state index contributed by atoms with van der Waals surface area (Å²) >= 11 is 0. The molecule has 1 aromatic rings. The SMILES string of the molecule is C=C(O/C=C\C)C(C)c1ccccc1. The number of ether oxygens (including phenoxy) is 1. The maximum absolute atomic E-state index is 5.33. The van der Waals surface area contributed by atoms with E-state index in [0.29, 0.717) is 0 Å². The smallest absolute Gasteiger partial charge is 0.103 e. The molecule has 0 spiro atoms. The molecule has 1 heteroatoms. The van der Waals surface area contributed by atoms with E-state index < -0.39 is 0 Å². The third-order valence-electron chi connectivity index (χ3n) is 2.14. The second-order valence-electron chi connectivity index (χ2n) is 3.19. The van der Waals surface area contributed by atoms with Crippen LogP contribution in [-0.4, -0.2) is 0 Å². The number of allylic oxidation sites excluding steroid dienone is 2. The molecule has 1 rings (SSSR count). The fraction of sp³-hybridized carbons (Fsp3) is 0.231. The van der Waals surface area contributed by atoms with Gasteiger partial charge in [0, 0.05) is 5.92 Å². The second-order valence-corrected chi connectivity index (χ2v) is 3.19. The van der Waals surface area contributed by atoms with E-state index in [9.17, 15) is 0 Å². The first-order chi connectivity index (χ1) is 6.75. The zero-order chi connectivity index (χ0) is 10.4. The lowest BCUT2D eigenvalue weighted by Crippen LogP contribution is -1.97. The molecule has 1 aromatic carbocycles. The molecule has 1 atom stereocenters. The van der Waals surface area contributed by atoms with E-state index in [0.717, 1.165) is 5.76 Å². The van der Waals surface area contributed by atoms with Crippen molar-refractivity contribution in [3.8, 4) is 0 Å². The molecule has 0 radical (unpaired) electrons. The molecular formula is C13H16O. The van der Waals surface area contributed by atoms with Gasteiger partial charge in [0.05, 0.1) is 6.26 Å². The Labute approximate surface area is 85.7 Å². The summed E-state index contributed by atoms with van der Waals surface area (Å²) in [7, 11) is 0. The van der Waals surface area contributed by atoms with Crippen LogP contribution in [0.5, 0.6) is 0 Å². The number of hydrogen-bond donors (Lipinski definition) is 0. The molecule has 0 aromatic heterocycles. The highest BCUT2D eigenvalue weighted by Crippen LogP contribution is 2.22. The maximum atomic E-state index is 5.33. The third-order valence-corrected chi connectivity index (χ3v) is 2.14. The average Bonchev–Trinajstić information content (AvgIpc) is 2.26. The normalized spacial score (nSPS) is 12.7. The molecule has 14 heavy (non-hydrogen) atoms. The monoisotopic (exact) mass is 188 g/mol. The molecule has 0 aliphatic rings. The van der Waals surface area contributed by atoms with E-state index in [4.69, 9.17) is 4.74 Å². The Balaban J connectivity index is 2.66. The highest BCUT2D eigenvalue weighted by molar-refractivity contribution is 5.24. The van der Waals surface area contributed by atoms with Crippen molar-refractivity contribution in [2.75, 3.05) is 0 Å². The molecular weight excluding hydrogens is 172 g/mol. The van der Waals surface area contributed by atoms with Crippen molar-refractivity contribution in [1.82, 2.24) is 0 Å². The van der Waals surface area contributed by atoms with Gasteiger partial charge in [0.2, 0.25) is 0 Å². The zero-order valence-electron chi connectivity index (χ0n) is 8.73. The molecule has 1 unspecified atom stereocenters. The molecule has 0 bridgehead atoms. The van der Waals surface area contributed by atoms with Gasteiger partial charge in [0.1, 0.15) is 5.76 Å². The van der Waals surface area contributed by atoms with Crippen LogP contribution >= 0.6 is 0 Å². The number of rotatable bonds is 4. The van der Waals surface area contributed by atoms with Gasteiger partial charge in [0.15, 0.2) is 0 Å². The van der Waals surface area contributed by atoms with Gasteiger partial charge in [-0.3, -0.25) is 0 Å². The van der Waals surface area contributed by atoms with Crippen molar-refractivity contribution in [2.24, 2.45) is 0 Å². The van der Waals surface area contributed by atoms with E-state index in [2.05, 4.69) is 25.6 Å². The first kappa shape index (κ1) is 10.6. The summed E-state index contributed by atoms with van der Waals surface area (Å²) in [6.45, 7) is 7.90. The molecule has 0 saturated heterocycles. The summed E-state index contributed by atoms with van der Waals surface area (Å²) in [5, 5.41) is 0. The quantitative estimate of drug-likeness (QED) is 0.652. The van der Waals surface area contributed by atoms with E-state index in [1.165, 1.54) is 5.56 Å². The predicted molar refractivity (Wildman–Crippen MR) is 59.9 cm³/mol. The summed E-state index contributed by atoms with van der Waals surface area (Å²) in [4.78, 5) is 0. The summed E-state index contributed by atoms with van der Waals surface area (Å²) in [5.41, 5.74) is 1.22. The Morgan fingerprint density at radius 3 is 2.57 bits per heavy atom. The fourth-order valence-corrected chi connectivity index (χ4v) is 1.19. The Morgan fingerprint density at radius 1 is 1.36 bits per heavy atom. The maximum Gasteiger partial charge on any atom is 0.103 e. The molecule has 0 saturated carbocycles. The van der Waals surface area contributed by atoms with Gasteiger partial charge in [-0.05, 0) is 12.5 Å². The highest BCUT2D eigenvalue weighted by Gasteiger charge is 2.08. The van der Waals surface area contributed by atoms with Crippen molar-refractivity contribution in [2.45, 2.75) is 19.8 Å². The largest absolute Gasteiger partial charge is 0.470 e. The minimum Gasteiger partial charge on any atom is -0.470 e. The molecule has 0 heterocycles. The minimum absolute atomic E-state index is 0.229. The molecule has 0 aliphatic heterocycles. The summed E-state index contributed by atoms with van der Waals surface area (Å²) in [6, 6.07) is 10.2. The Hall–Kier alpha value is -1.50. The van der Waals surface area contributed by atoms with E-state index >= 15 is 0 Å². The Bertz CT molecular complexity index is 311. The first-order valence-corrected chi connectivity index (χ1v) is 4.77. The molecule has 1 nitrogen and oxygen atoms in total. The Kier molecular flexibility index (Phi) is 3.99. The topological polar surface area (TPSA) is 9.23 Å². The fourth-order valence-electron chi connectivity index (χ4n) is 1.19. The van der Waals surface area contributed by atoms with Crippen LogP contribution in [0.3, 0.4) is 0 Å². The van der Waals surface area contributed by atoms with Gasteiger partial charge in [0.25, 0.3) is 0 Å². The average molecular weight is 188 g/mol. The van der Waals surface area contributed by atoms with Crippen LogP contribution in [0.4, 0.5) is 0 Å². The molecule has 0 amide bonds. The zero-order valence-corrected chi connectivity index (χ0v) is 8.73. The van der Waals surface area contributed by atoms with Crippen molar-refractivity contribution < 1.29 is 4.74 Å². The highest BCUT2D eigenvalue weighted by atomic mass is 16.5. The molecule has 0 N–H and O–H groups in total. The lowest BCUT2D eigenvalue weighted by Gasteiger charge is -2.13. The van der Waals surface area contributed by atoms with E-state index in [1.54, 1.807) is 6.26 Å². The van der Waals surface area contributed by atoms with Crippen molar-refractivity contribution in [3.63, 3.8) is 0 Å². The van der Waals surface area contributed by atoms with Gasteiger partial charge in [-0.2, -0.15) is 0 Å². The van der Waals surface area contributed by atoms with Crippen molar-refractivity contribution in [1.29, 1.82) is 0 Å². The number of benzene rings is 1. The van der Waals surface area contributed by atoms with Crippen LogP contribution < -0.4 is 0 Å². The van der Waals surface area contributed by atoms with Crippen LogP contribution in [0, 0.1) is 0 Å². The Morgan fingerprint density at radius 2 is 2.00 bits per heavy atom. The summed E-state index contributed by atoms with van der Waals surface area (Å²) in [5.74, 6) is 1.00. The summed E-state index contributed by atoms with van der Waals surface area (Å²) in [6.07, 6.45) is 3.50.